The Hall–Kier alpha value is -3.89. The molecule has 11 heteroatoms. The number of nitro groups is 1. The molecule has 2 aromatic rings. The third-order valence-corrected chi connectivity index (χ3v) is 4.36. The maximum Gasteiger partial charge on any atom is 0.326 e. The van der Waals surface area contributed by atoms with Crippen LogP contribution in [0, 0.1) is 21.7 Å². The molecule has 0 unspecified atom stereocenters. The van der Waals surface area contributed by atoms with Gasteiger partial charge in [-0.2, -0.15) is 0 Å². The molecular weight excluding hydrogens is 418 g/mol. The number of ether oxygens (including phenoxy) is 1. The van der Waals surface area contributed by atoms with Crippen LogP contribution in [0.1, 0.15) is 35.2 Å². The van der Waals surface area contributed by atoms with Gasteiger partial charge in [0.25, 0.3) is 11.6 Å². The summed E-state index contributed by atoms with van der Waals surface area (Å²) in [6.45, 7) is 1.59. The highest BCUT2D eigenvalue weighted by molar-refractivity contribution is 5.97. The van der Waals surface area contributed by atoms with Crippen LogP contribution in [0.5, 0.6) is 0 Å². The second kappa shape index (κ2) is 10.2. The van der Waals surface area contributed by atoms with Crippen LogP contribution in [0.4, 0.5) is 14.5 Å². The minimum atomic E-state index is -1.67. The number of carboxylic acid groups (broad SMARTS) is 1. The number of carboxylic acids is 1. The number of rotatable bonds is 9. The first kappa shape index (κ1) is 23.4. The van der Waals surface area contributed by atoms with E-state index < -0.39 is 52.8 Å². The number of non-ortho nitro benzene ring substituents is 1. The topological polar surface area (TPSA) is 136 Å². The number of hydrogen-bond donors (Lipinski definition) is 2. The lowest BCUT2D eigenvalue weighted by Gasteiger charge is -2.25. The van der Waals surface area contributed by atoms with Gasteiger partial charge in [-0.25, -0.2) is 13.6 Å². The third kappa shape index (κ3) is 6.04. The van der Waals surface area contributed by atoms with Crippen molar-refractivity contribution in [3.8, 4) is 0 Å². The number of amides is 1. The van der Waals surface area contributed by atoms with E-state index in [4.69, 9.17) is 4.74 Å². The minimum Gasteiger partial charge on any atom is -0.480 e. The summed E-state index contributed by atoms with van der Waals surface area (Å²) in [6, 6.07) is 5.41. The third-order valence-electron chi connectivity index (χ3n) is 4.36. The molecule has 2 N–H and O–H groups in total. The fourth-order valence-corrected chi connectivity index (χ4v) is 2.87. The van der Waals surface area contributed by atoms with Crippen LogP contribution in [0.15, 0.2) is 42.5 Å². The number of benzene rings is 2. The van der Waals surface area contributed by atoms with Crippen molar-refractivity contribution < 1.29 is 37.9 Å². The first-order chi connectivity index (χ1) is 14.6. The zero-order chi connectivity index (χ0) is 23.1. The average molecular weight is 436 g/mol. The Kier molecular flexibility index (Phi) is 7.72. The molecule has 2 atom stereocenters. The molecule has 0 saturated carbocycles. The Bertz CT molecular complexity index is 996. The minimum absolute atomic E-state index is 0.0325. The van der Waals surface area contributed by atoms with E-state index in [1.54, 1.807) is 6.92 Å². The van der Waals surface area contributed by atoms with E-state index in [1.807, 2.05) is 0 Å². The van der Waals surface area contributed by atoms with E-state index >= 15 is 0 Å². The summed E-state index contributed by atoms with van der Waals surface area (Å²) in [5, 5.41) is 22.7. The van der Waals surface area contributed by atoms with Gasteiger partial charge in [0, 0.05) is 23.6 Å². The van der Waals surface area contributed by atoms with Gasteiger partial charge in [-0.05, 0) is 30.7 Å². The van der Waals surface area contributed by atoms with Gasteiger partial charge >= 0.3 is 11.9 Å². The number of nitrogens with zero attached hydrogens (tertiary/aromatic N) is 1. The predicted octanol–water partition coefficient (Wildman–Crippen LogP) is 2.79. The molecule has 0 aromatic heterocycles. The second-order valence-electron chi connectivity index (χ2n) is 6.38. The monoisotopic (exact) mass is 436 g/mol. The molecule has 31 heavy (non-hydrogen) atoms. The molecule has 9 nitrogen and oxygen atoms in total. The Labute approximate surface area is 174 Å². The number of aliphatic carboxylic acids is 1. The van der Waals surface area contributed by atoms with Gasteiger partial charge in [-0.3, -0.25) is 19.7 Å². The average Bonchev–Trinajstić information content (AvgIpc) is 2.72. The van der Waals surface area contributed by atoms with Crippen molar-refractivity contribution in [2.24, 2.45) is 0 Å². The Morgan fingerprint density at radius 1 is 1.13 bits per heavy atom. The highest BCUT2D eigenvalue weighted by atomic mass is 19.2. The fraction of sp³-hybridized carbons (Fsp3) is 0.250. The molecule has 0 saturated heterocycles. The summed E-state index contributed by atoms with van der Waals surface area (Å²) in [5.41, 5.74) is -0.364. The first-order valence-corrected chi connectivity index (χ1v) is 9.02. The van der Waals surface area contributed by atoms with Crippen LogP contribution in [0.3, 0.4) is 0 Å². The van der Waals surface area contributed by atoms with E-state index in [0.29, 0.717) is 12.1 Å². The smallest absolute Gasteiger partial charge is 0.326 e. The van der Waals surface area contributed by atoms with Gasteiger partial charge in [0.2, 0.25) is 0 Å². The van der Waals surface area contributed by atoms with E-state index in [-0.39, 0.29) is 23.4 Å². The first-order valence-electron chi connectivity index (χ1n) is 9.02. The van der Waals surface area contributed by atoms with Gasteiger partial charge in [-0.1, -0.05) is 12.1 Å². The summed E-state index contributed by atoms with van der Waals surface area (Å²) in [5.74, 6) is -6.91. The molecule has 0 aliphatic heterocycles. The number of halogens is 2. The SMILES string of the molecule is CCOC(=O)C[C@@H](c1ccc([N+](=O)[O-])cc1)[C@@H](NC(=O)c1ccc(F)c(F)c1)C(=O)O. The van der Waals surface area contributed by atoms with Crippen molar-refractivity contribution >= 4 is 23.5 Å². The van der Waals surface area contributed by atoms with Crippen LogP contribution in [-0.2, 0) is 14.3 Å². The molecular formula is C20H18F2N2O7. The highest BCUT2D eigenvalue weighted by Crippen LogP contribution is 2.27. The van der Waals surface area contributed by atoms with E-state index in [0.717, 1.165) is 18.2 Å². The predicted molar refractivity (Wildman–Crippen MR) is 102 cm³/mol. The molecule has 0 radical (unpaired) electrons. The van der Waals surface area contributed by atoms with Crippen LogP contribution in [-0.4, -0.2) is 40.5 Å². The molecule has 0 spiro atoms. The summed E-state index contributed by atoms with van der Waals surface area (Å²) >= 11 is 0. The van der Waals surface area contributed by atoms with Gasteiger partial charge in [-0.15, -0.1) is 0 Å². The number of esters is 1. The highest BCUT2D eigenvalue weighted by Gasteiger charge is 2.34. The lowest BCUT2D eigenvalue weighted by Crippen LogP contribution is -2.45. The molecule has 0 aliphatic carbocycles. The molecule has 1 amide bonds. The largest absolute Gasteiger partial charge is 0.480 e. The van der Waals surface area contributed by atoms with Crippen LogP contribution >= 0.6 is 0 Å². The molecule has 0 fully saturated rings. The van der Waals surface area contributed by atoms with Crippen LogP contribution in [0.25, 0.3) is 0 Å². The summed E-state index contributed by atoms with van der Waals surface area (Å²) < 4.78 is 31.4. The van der Waals surface area contributed by atoms with Crippen molar-refractivity contribution in [3.63, 3.8) is 0 Å². The van der Waals surface area contributed by atoms with E-state index in [1.165, 1.54) is 12.1 Å². The molecule has 164 valence electrons. The zero-order valence-corrected chi connectivity index (χ0v) is 16.2. The molecule has 0 heterocycles. The van der Waals surface area contributed by atoms with Gasteiger partial charge < -0.3 is 15.2 Å². The fourth-order valence-electron chi connectivity index (χ4n) is 2.87. The maximum absolute atomic E-state index is 13.4. The summed E-state index contributed by atoms with van der Waals surface area (Å²) in [4.78, 5) is 46.6. The van der Waals surface area contributed by atoms with Crippen LogP contribution in [0.2, 0.25) is 0 Å². The molecule has 2 aromatic carbocycles. The Morgan fingerprint density at radius 2 is 1.77 bits per heavy atom. The number of nitro benzene ring substituents is 1. The summed E-state index contributed by atoms with van der Waals surface area (Å²) in [7, 11) is 0. The Balaban J connectivity index is 2.39. The van der Waals surface area contributed by atoms with E-state index in [2.05, 4.69) is 5.32 Å². The standard InChI is InChI=1S/C20H18F2N2O7/c1-2-31-17(25)10-14(11-3-6-13(7-4-11)24(29)30)18(20(27)28)23-19(26)12-5-8-15(21)16(22)9-12/h3-9,14,18H,2,10H2,1H3,(H,23,26)(H,27,28)/t14-,18+/m0/s1. The summed E-state index contributed by atoms with van der Waals surface area (Å²) in [6.07, 6.45) is -0.458. The number of hydrogen-bond acceptors (Lipinski definition) is 6. The zero-order valence-electron chi connectivity index (χ0n) is 16.2. The normalized spacial score (nSPS) is 12.5. The Morgan fingerprint density at radius 3 is 2.29 bits per heavy atom. The lowest BCUT2D eigenvalue weighted by atomic mass is 9.88. The van der Waals surface area contributed by atoms with Gasteiger partial charge in [0.1, 0.15) is 6.04 Å². The molecule has 0 bridgehead atoms. The van der Waals surface area contributed by atoms with Crippen molar-refractivity contribution in [1.82, 2.24) is 5.32 Å². The maximum atomic E-state index is 13.4. The van der Waals surface area contributed by atoms with Crippen molar-refractivity contribution in [2.75, 3.05) is 6.61 Å². The molecule has 0 aliphatic rings. The van der Waals surface area contributed by atoms with Crippen molar-refractivity contribution in [2.45, 2.75) is 25.3 Å². The second-order valence-corrected chi connectivity index (χ2v) is 6.38. The van der Waals surface area contributed by atoms with Crippen molar-refractivity contribution in [1.29, 1.82) is 0 Å². The lowest BCUT2D eigenvalue weighted by molar-refractivity contribution is -0.384. The van der Waals surface area contributed by atoms with E-state index in [9.17, 15) is 38.4 Å². The molecule has 2 rings (SSSR count). The van der Waals surface area contributed by atoms with Crippen LogP contribution < -0.4 is 5.32 Å². The van der Waals surface area contributed by atoms with Gasteiger partial charge in [0.05, 0.1) is 18.0 Å². The number of nitrogens with one attached hydrogen (secondary N) is 1. The quantitative estimate of drug-likeness (QED) is 0.350. The van der Waals surface area contributed by atoms with Crippen molar-refractivity contribution in [3.05, 3.63) is 75.3 Å². The number of carbonyl (C=O) groups excluding carboxylic acids is 2. The number of carbonyl (C=O) groups is 3. The van der Waals surface area contributed by atoms with Gasteiger partial charge in [0.15, 0.2) is 11.6 Å².